The van der Waals surface area contributed by atoms with Crippen molar-refractivity contribution in [3.63, 3.8) is 0 Å². The molecule has 2 aliphatic heterocycles. The second-order valence-electron chi connectivity index (χ2n) is 13.3. The quantitative estimate of drug-likeness (QED) is 0.190. The van der Waals surface area contributed by atoms with Crippen molar-refractivity contribution < 1.29 is 44.6 Å². The lowest BCUT2D eigenvalue weighted by molar-refractivity contribution is 0.0184. The lowest BCUT2D eigenvalue weighted by Gasteiger charge is -2.31. The number of nitrogens with one attached hydrogen (secondary N) is 2. The van der Waals surface area contributed by atoms with E-state index >= 15 is 0 Å². The van der Waals surface area contributed by atoms with Gasteiger partial charge in [0.2, 0.25) is 20.0 Å². The normalized spacial score (nSPS) is 20.6. The standard InChI is InChI=1S/2C18H24FN3O4S/c2*1-3-27(23,24)21-17-6-7-25-11-14(17)12-26-15-4-5-18(16(19)8-15)22-10-13(2)9-20-22/h2*4-5,8-10,14,17,21H,3,6-7,11-12H2,1-2H3/t2*14-,17+/m10/s1. The molecule has 4 heterocycles. The number of rotatable bonds is 14. The van der Waals surface area contributed by atoms with Crippen molar-refractivity contribution in [2.45, 2.75) is 52.6 Å². The highest BCUT2D eigenvalue weighted by Gasteiger charge is 2.31. The molecular formula is C36H48F2N6O8S2. The Morgan fingerprint density at radius 2 is 1.13 bits per heavy atom. The van der Waals surface area contributed by atoms with Crippen LogP contribution < -0.4 is 18.9 Å². The summed E-state index contributed by atoms with van der Waals surface area (Å²) in [7, 11) is -6.61. The van der Waals surface area contributed by atoms with E-state index < -0.39 is 31.7 Å². The minimum atomic E-state index is -3.31. The third-order valence-electron chi connectivity index (χ3n) is 9.05. The van der Waals surface area contributed by atoms with Gasteiger partial charge in [-0.15, -0.1) is 0 Å². The van der Waals surface area contributed by atoms with Gasteiger partial charge in [0.25, 0.3) is 0 Å². The first kappa shape index (κ1) is 41.2. The Labute approximate surface area is 315 Å². The van der Waals surface area contributed by atoms with Gasteiger partial charge in [0.15, 0.2) is 11.6 Å². The third kappa shape index (κ3) is 11.5. The molecule has 4 aromatic rings. The Kier molecular flexibility index (Phi) is 14.2. The van der Waals surface area contributed by atoms with Crippen molar-refractivity contribution in [2.75, 3.05) is 51.1 Å². The van der Waals surface area contributed by atoms with Crippen LogP contribution >= 0.6 is 0 Å². The number of benzene rings is 2. The summed E-state index contributed by atoms with van der Waals surface area (Å²) >= 11 is 0. The van der Waals surface area contributed by atoms with Crippen molar-refractivity contribution in [1.82, 2.24) is 29.0 Å². The molecule has 0 radical (unpaired) electrons. The third-order valence-corrected chi connectivity index (χ3v) is 11.9. The monoisotopic (exact) mass is 794 g/mol. The molecule has 296 valence electrons. The van der Waals surface area contributed by atoms with E-state index in [1.165, 1.54) is 21.5 Å². The van der Waals surface area contributed by atoms with E-state index in [0.717, 1.165) is 11.1 Å². The van der Waals surface area contributed by atoms with Crippen LogP contribution in [0.1, 0.15) is 37.8 Å². The molecule has 54 heavy (non-hydrogen) atoms. The van der Waals surface area contributed by atoms with Crippen LogP contribution in [0, 0.1) is 37.3 Å². The van der Waals surface area contributed by atoms with Gasteiger partial charge in [0.05, 0.1) is 50.3 Å². The SMILES string of the molecule is CCS(=O)(=O)N[C@@H]1CCOC[C@H]1COc1ccc(-n2cc(C)cn2)c(F)c1.CCS(=O)(=O)N[C@H]1CCOC[C@@H]1COc1ccc(-n2cc(C)cn2)c(F)c1. The lowest BCUT2D eigenvalue weighted by atomic mass is 9.98. The zero-order chi connectivity index (χ0) is 38.9. The maximum Gasteiger partial charge on any atom is 0.211 e. The van der Waals surface area contributed by atoms with E-state index in [4.69, 9.17) is 18.9 Å². The zero-order valence-electron chi connectivity index (χ0n) is 30.8. The highest BCUT2D eigenvalue weighted by Crippen LogP contribution is 2.24. The van der Waals surface area contributed by atoms with Crippen molar-refractivity contribution >= 4 is 20.0 Å². The summed E-state index contributed by atoms with van der Waals surface area (Å²) in [6.45, 7) is 9.21. The van der Waals surface area contributed by atoms with E-state index in [1.807, 2.05) is 13.8 Å². The van der Waals surface area contributed by atoms with Gasteiger partial charge >= 0.3 is 0 Å². The van der Waals surface area contributed by atoms with Crippen molar-refractivity contribution in [2.24, 2.45) is 11.8 Å². The second-order valence-corrected chi connectivity index (χ2v) is 17.4. The summed E-state index contributed by atoms with van der Waals surface area (Å²) < 4.78 is 107. The van der Waals surface area contributed by atoms with Crippen LogP contribution in [0.3, 0.4) is 0 Å². The van der Waals surface area contributed by atoms with Crippen LogP contribution in [0.25, 0.3) is 11.4 Å². The predicted octanol–water partition coefficient (Wildman–Crippen LogP) is 4.09. The molecule has 18 heteroatoms. The van der Waals surface area contributed by atoms with E-state index in [1.54, 1.807) is 62.9 Å². The van der Waals surface area contributed by atoms with Gasteiger partial charge < -0.3 is 18.9 Å². The molecule has 0 aliphatic carbocycles. The molecule has 0 saturated carbocycles. The van der Waals surface area contributed by atoms with Crippen LogP contribution in [0.2, 0.25) is 0 Å². The number of aromatic nitrogens is 4. The molecule has 14 nitrogen and oxygen atoms in total. The maximum atomic E-state index is 14.4. The molecule has 2 saturated heterocycles. The molecule has 0 amide bonds. The molecular weight excluding hydrogens is 747 g/mol. The molecule has 2 N–H and O–H groups in total. The van der Waals surface area contributed by atoms with Gasteiger partial charge in [-0.3, -0.25) is 0 Å². The van der Waals surface area contributed by atoms with E-state index in [9.17, 15) is 25.6 Å². The number of halogens is 2. The first-order chi connectivity index (χ1) is 25.8. The highest BCUT2D eigenvalue weighted by atomic mass is 32.2. The Morgan fingerprint density at radius 3 is 1.46 bits per heavy atom. The van der Waals surface area contributed by atoms with Gasteiger partial charge in [0, 0.05) is 61.7 Å². The van der Waals surface area contributed by atoms with Crippen LogP contribution in [-0.4, -0.2) is 99.6 Å². The maximum absolute atomic E-state index is 14.4. The Morgan fingerprint density at radius 1 is 0.722 bits per heavy atom. The molecule has 0 unspecified atom stereocenters. The second kappa shape index (κ2) is 18.6. The zero-order valence-corrected chi connectivity index (χ0v) is 32.4. The van der Waals surface area contributed by atoms with Crippen molar-refractivity contribution in [3.05, 3.63) is 83.9 Å². The molecule has 0 bridgehead atoms. The van der Waals surface area contributed by atoms with Gasteiger partial charge in [-0.05, 0) is 75.9 Å². The van der Waals surface area contributed by atoms with Crippen molar-refractivity contribution in [1.29, 1.82) is 0 Å². The average Bonchev–Trinajstić information content (AvgIpc) is 3.78. The summed E-state index contributed by atoms with van der Waals surface area (Å²) in [5.74, 6) is -0.370. The fraction of sp³-hybridized carbons (Fsp3) is 0.500. The minimum absolute atomic E-state index is 0.0253. The van der Waals surface area contributed by atoms with E-state index in [0.29, 0.717) is 62.1 Å². The highest BCUT2D eigenvalue weighted by molar-refractivity contribution is 7.89. The van der Waals surface area contributed by atoms with Crippen LogP contribution in [-0.2, 0) is 29.5 Å². The van der Waals surface area contributed by atoms with Gasteiger partial charge in [-0.2, -0.15) is 10.2 Å². The summed E-state index contributed by atoms with van der Waals surface area (Å²) in [5.41, 5.74) is 2.55. The summed E-state index contributed by atoms with van der Waals surface area (Å²) in [4.78, 5) is 0. The molecule has 2 aromatic carbocycles. The lowest BCUT2D eigenvalue weighted by Crippen LogP contribution is -2.47. The van der Waals surface area contributed by atoms with Crippen LogP contribution in [0.4, 0.5) is 8.78 Å². The summed E-state index contributed by atoms with van der Waals surface area (Å²) in [5, 5.41) is 8.20. The number of hydrogen-bond acceptors (Lipinski definition) is 10. The van der Waals surface area contributed by atoms with Crippen molar-refractivity contribution in [3.8, 4) is 22.9 Å². The number of nitrogens with zero attached hydrogens (tertiary/aromatic N) is 4. The number of sulfonamides is 2. The smallest absolute Gasteiger partial charge is 0.211 e. The fourth-order valence-electron chi connectivity index (χ4n) is 5.88. The van der Waals surface area contributed by atoms with Crippen LogP contribution in [0.5, 0.6) is 11.5 Å². The molecule has 6 rings (SSSR count). The Balaban J connectivity index is 0.000000208. The first-order valence-electron chi connectivity index (χ1n) is 17.8. The number of ether oxygens (including phenoxy) is 4. The Bertz CT molecular complexity index is 1910. The molecule has 2 aliphatic rings. The summed E-state index contributed by atoms with van der Waals surface area (Å²) in [6, 6.07) is 8.66. The molecule has 2 fully saturated rings. The van der Waals surface area contributed by atoms with Crippen LogP contribution in [0.15, 0.2) is 61.2 Å². The number of aryl methyl sites for hydroxylation is 2. The first-order valence-corrected chi connectivity index (χ1v) is 21.1. The average molecular weight is 795 g/mol. The fourth-order valence-corrected chi connectivity index (χ4v) is 7.76. The molecule has 4 atom stereocenters. The summed E-state index contributed by atoms with van der Waals surface area (Å²) in [6.07, 6.45) is 7.96. The molecule has 0 spiro atoms. The van der Waals surface area contributed by atoms with Gasteiger partial charge in [0.1, 0.15) is 22.9 Å². The Hall–Kier alpha value is -3.94. The van der Waals surface area contributed by atoms with Gasteiger partial charge in [-0.25, -0.2) is 44.4 Å². The predicted molar refractivity (Wildman–Crippen MR) is 198 cm³/mol. The molecule has 2 aromatic heterocycles. The number of hydrogen-bond donors (Lipinski definition) is 2. The minimum Gasteiger partial charge on any atom is -0.493 e. The van der Waals surface area contributed by atoms with E-state index in [2.05, 4.69) is 19.6 Å². The van der Waals surface area contributed by atoms with E-state index in [-0.39, 0.29) is 48.6 Å². The van der Waals surface area contributed by atoms with Gasteiger partial charge in [-0.1, -0.05) is 0 Å². The topological polar surface area (TPSA) is 165 Å². The largest absolute Gasteiger partial charge is 0.493 e.